The fourth-order valence-corrected chi connectivity index (χ4v) is 4.48. The van der Waals surface area contributed by atoms with Gasteiger partial charge in [0, 0.05) is 30.3 Å². The molecule has 0 unspecified atom stereocenters. The number of carbonyl (C=O) groups is 1. The van der Waals surface area contributed by atoms with Gasteiger partial charge in [-0.15, -0.1) is 0 Å². The Morgan fingerprint density at radius 3 is 2.35 bits per heavy atom. The summed E-state index contributed by atoms with van der Waals surface area (Å²) in [5.41, 5.74) is 2.62. The molecule has 2 amide bonds. The van der Waals surface area contributed by atoms with Crippen LogP contribution in [0.25, 0.3) is 11.1 Å². The summed E-state index contributed by atoms with van der Waals surface area (Å²) in [6, 6.07) is 11.1. The largest absolute Gasteiger partial charge is 0.335 e. The molecule has 1 aliphatic rings. The zero-order valence-corrected chi connectivity index (χ0v) is 15.5. The lowest BCUT2D eigenvalue weighted by Gasteiger charge is -2.28. The topological polar surface area (TPSA) is 88.2 Å². The number of benzene rings is 1. The molecular formula is C19H23N3O3S. The average molecular weight is 373 g/mol. The summed E-state index contributed by atoms with van der Waals surface area (Å²) in [6.45, 7) is 0. The van der Waals surface area contributed by atoms with Gasteiger partial charge in [-0.25, -0.2) is 13.2 Å². The highest BCUT2D eigenvalue weighted by atomic mass is 32.2. The van der Waals surface area contributed by atoms with Crippen LogP contribution < -0.4 is 10.6 Å². The smallest absolute Gasteiger partial charge is 0.319 e. The Balaban J connectivity index is 1.62. The Morgan fingerprint density at radius 1 is 1.04 bits per heavy atom. The molecule has 2 N–H and O–H groups in total. The normalized spacial score (nSPS) is 20.3. The van der Waals surface area contributed by atoms with Gasteiger partial charge in [0.2, 0.25) is 0 Å². The average Bonchev–Trinajstić information content (AvgIpc) is 2.62. The molecule has 1 aromatic heterocycles. The number of nitrogens with zero attached hydrogens (tertiary/aromatic N) is 1. The highest BCUT2D eigenvalue weighted by molar-refractivity contribution is 7.91. The Morgan fingerprint density at radius 2 is 1.69 bits per heavy atom. The van der Waals surface area contributed by atoms with Crippen LogP contribution in [0.4, 0.5) is 10.5 Å². The van der Waals surface area contributed by atoms with Crippen molar-refractivity contribution in [3.63, 3.8) is 0 Å². The summed E-state index contributed by atoms with van der Waals surface area (Å²) < 4.78 is 23.2. The molecule has 1 fully saturated rings. The summed E-state index contributed by atoms with van der Waals surface area (Å²) in [5.74, 6) is 0. The molecule has 3 rings (SSSR count). The van der Waals surface area contributed by atoms with E-state index in [0.717, 1.165) is 16.8 Å². The minimum Gasteiger partial charge on any atom is -0.335 e. The predicted octanol–water partition coefficient (Wildman–Crippen LogP) is 3.23. The maximum Gasteiger partial charge on any atom is 0.319 e. The second-order valence-corrected chi connectivity index (χ2v) is 9.01. The standard InChI is InChI=1S/C19H23N3O3S/c1-26(24,25)16-8-6-15(7-9-16)21-19(23)22-18-5-3-2-4-17(18)14-10-12-20-13-11-14/h2-5,10-13,15-16H,6-9H2,1H3,(H2,21,22,23). The van der Waals surface area contributed by atoms with Crippen LogP contribution in [0.3, 0.4) is 0 Å². The Hall–Kier alpha value is -2.41. The Labute approximate surface area is 154 Å². The van der Waals surface area contributed by atoms with E-state index in [4.69, 9.17) is 0 Å². The number of sulfone groups is 1. The highest BCUT2D eigenvalue weighted by Crippen LogP contribution is 2.27. The van der Waals surface area contributed by atoms with E-state index in [1.807, 2.05) is 36.4 Å². The van der Waals surface area contributed by atoms with Crippen molar-refractivity contribution in [1.29, 1.82) is 0 Å². The van der Waals surface area contributed by atoms with Gasteiger partial charge in [0.25, 0.3) is 0 Å². The Bertz CT molecular complexity index is 861. The van der Waals surface area contributed by atoms with Gasteiger partial charge in [0.15, 0.2) is 0 Å². The lowest BCUT2D eigenvalue weighted by Crippen LogP contribution is -2.42. The van der Waals surface area contributed by atoms with Crippen molar-refractivity contribution < 1.29 is 13.2 Å². The maximum atomic E-state index is 12.4. The van der Waals surface area contributed by atoms with Crippen LogP contribution in [0.15, 0.2) is 48.8 Å². The van der Waals surface area contributed by atoms with Gasteiger partial charge in [-0.3, -0.25) is 4.98 Å². The third-order valence-electron chi connectivity index (χ3n) is 4.78. The minimum atomic E-state index is -3.00. The quantitative estimate of drug-likeness (QED) is 0.861. The number of anilines is 1. The first-order chi connectivity index (χ1) is 12.4. The predicted molar refractivity (Wildman–Crippen MR) is 103 cm³/mol. The number of carbonyl (C=O) groups excluding carboxylic acids is 1. The van der Waals surface area contributed by atoms with Crippen molar-refractivity contribution in [3.8, 4) is 11.1 Å². The van der Waals surface area contributed by atoms with Crippen molar-refractivity contribution in [2.75, 3.05) is 11.6 Å². The lowest BCUT2D eigenvalue weighted by molar-refractivity contribution is 0.244. The number of para-hydroxylation sites is 1. The fourth-order valence-electron chi connectivity index (χ4n) is 3.35. The molecule has 2 aromatic rings. The van der Waals surface area contributed by atoms with Crippen LogP contribution in [-0.2, 0) is 9.84 Å². The van der Waals surface area contributed by atoms with Crippen LogP contribution in [0.2, 0.25) is 0 Å². The van der Waals surface area contributed by atoms with Crippen molar-refractivity contribution in [1.82, 2.24) is 10.3 Å². The number of nitrogens with one attached hydrogen (secondary N) is 2. The monoisotopic (exact) mass is 373 g/mol. The second-order valence-electron chi connectivity index (χ2n) is 6.68. The molecule has 1 aromatic carbocycles. The minimum absolute atomic E-state index is 0.00101. The third kappa shape index (κ3) is 4.60. The molecule has 0 aliphatic heterocycles. The van der Waals surface area contributed by atoms with Crippen LogP contribution >= 0.6 is 0 Å². The summed E-state index contributed by atoms with van der Waals surface area (Å²) in [5, 5.41) is 5.59. The molecule has 6 nitrogen and oxygen atoms in total. The first-order valence-electron chi connectivity index (χ1n) is 8.69. The third-order valence-corrected chi connectivity index (χ3v) is 6.46. The van der Waals surface area contributed by atoms with E-state index in [-0.39, 0.29) is 17.3 Å². The van der Waals surface area contributed by atoms with Gasteiger partial charge in [-0.1, -0.05) is 18.2 Å². The number of hydrogen-bond donors (Lipinski definition) is 2. The maximum absolute atomic E-state index is 12.4. The van der Waals surface area contributed by atoms with Gasteiger partial charge in [-0.05, 0) is 49.4 Å². The van der Waals surface area contributed by atoms with Crippen molar-refractivity contribution in [2.24, 2.45) is 0 Å². The van der Waals surface area contributed by atoms with E-state index in [2.05, 4.69) is 15.6 Å². The van der Waals surface area contributed by atoms with E-state index in [9.17, 15) is 13.2 Å². The fraction of sp³-hybridized carbons (Fsp3) is 0.368. The van der Waals surface area contributed by atoms with Gasteiger partial charge < -0.3 is 10.6 Å². The molecule has 0 bridgehead atoms. The molecule has 0 saturated heterocycles. The summed E-state index contributed by atoms with van der Waals surface area (Å²) in [7, 11) is -3.00. The number of hydrogen-bond acceptors (Lipinski definition) is 4. The number of amides is 2. The van der Waals surface area contributed by atoms with Gasteiger partial charge in [0.1, 0.15) is 9.84 Å². The number of urea groups is 1. The molecule has 1 aliphatic carbocycles. The first kappa shape index (κ1) is 18.4. The van der Waals surface area contributed by atoms with Gasteiger partial charge in [-0.2, -0.15) is 0 Å². The molecule has 138 valence electrons. The Kier molecular flexibility index (Phi) is 5.56. The van der Waals surface area contributed by atoms with E-state index < -0.39 is 9.84 Å². The second kappa shape index (κ2) is 7.86. The van der Waals surface area contributed by atoms with E-state index >= 15 is 0 Å². The van der Waals surface area contributed by atoms with E-state index in [1.165, 1.54) is 6.26 Å². The van der Waals surface area contributed by atoms with Gasteiger partial charge in [0.05, 0.1) is 10.9 Å². The van der Waals surface area contributed by atoms with Crippen LogP contribution in [0, 0.1) is 0 Å². The summed E-state index contributed by atoms with van der Waals surface area (Å²) >= 11 is 0. The molecule has 0 atom stereocenters. The summed E-state index contributed by atoms with van der Waals surface area (Å²) in [4.78, 5) is 16.4. The number of pyridine rings is 1. The van der Waals surface area contributed by atoms with Crippen LogP contribution in [-0.4, -0.2) is 37.0 Å². The molecule has 0 spiro atoms. The molecule has 1 saturated carbocycles. The molecule has 7 heteroatoms. The number of rotatable bonds is 4. The van der Waals surface area contributed by atoms with Crippen molar-refractivity contribution >= 4 is 21.6 Å². The van der Waals surface area contributed by atoms with Crippen LogP contribution in [0.1, 0.15) is 25.7 Å². The van der Waals surface area contributed by atoms with E-state index in [0.29, 0.717) is 25.7 Å². The number of aromatic nitrogens is 1. The SMILES string of the molecule is CS(=O)(=O)C1CCC(NC(=O)Nc2ccccc2-c2ccncc2)CC1. The lowest BCUT2D eigenvalue weighted by atomic mass is 9.95. The van der Waals surface area contributed by atoms with Crippen molar-refractivity contribution in [2.45, 2.75) is 37.0 Å². The van der Waals surface area contributed by atoms with Crippen LogP contribution in [0.5, 0.6) is 0 Å². The van der Waals surface area contributed by atoms with E-state index in [1.54, 1.807) is 12.4 Å². The molecule has 26 heavy (non-hydrogen) atoms. The molecule has 1 heterocycles. The zero-order valence-electron chi connectivity index (χ0n) is 14.7. The zero-order chi connectivity index (χ0) is 18.6. The van der Waals surface area contributed by atoms with Crippen molar-refractivity contribution in [3.05, 3.63) is 48.8 Å². The molecular weight excluding hydrogens is 350 g/mol. The first-order valence-corrected chi connectivity index (χ1v) is 10.6. The highest BCUT2D eigenvalue weighted by Gasteiger charge is 2.28. The molecule has 0 radical (unpaired) electrons. The van der Waals surface area contributed by atoms with Gasteiger partial charge >= 0.3 is 6.03 Å². The summed E-state index contributed by atoms with van der Waals surface area (Å²) in [6.07, 6.45) is 7.26.